The van der Waals surface area contributed by atoms with Gasteiger partial charge >= 0.3 is 6.36 Å². The zero-order chi connectivity index (χ0) is 16.4. The highest BCUT2D eigenvalue weighted by Gasteiger charge is 2.36. The quantitative estimate of drug-likeness (QED) is 0.657. The Labute approximate surface area is 132 Å². The van der Waals surface area contributed by atoms with Gasteiger partial charge in [-0.1, -0.05) is 25.3 Å². The van der Waals surface area contributed by atoms with Gasteiger partial charge < -0.3 is 9.47 Å². The van der Waals surface area contributed by atoms with Crippen molar-refractivity contribution in [3.8, 4) is 11.5 Å². The molecule has 1 aromatic rings. The van der Waals surface area contributed by atoms with Crippen molar-refractivity contribution in [1.29, 1.82) is 0 Å². The molecule has 128 valence electrons. The van der Waals surface area contributed by atoms with E-state index in [0.717, 1.165) is 44.9 Å². The van der Waals surface area contributed by atoms with Gasteiger partial charge in [-0.25, -0.2) is 4.39 Å². The number of halogens is 4. The van der Waals surface area contributed by atoms with Gasteiger partial charge in [-0.2, -0.15) is 0 Å². The van der Waals surface area contributed by atoms with E-state index in [1.165, 1.54) is 12.1 Å². The summed E-state index contributed by atoms with van der Waals surface area (Å²) in [6.07, 6.45) is 1.83. The maximum atomic E-state index is 14.5. The molecular weight excluding hydrogens is 312 g/mol. The van der Waals surface area contributed by atoms with Crippen LogP contribution < -0.4 is 9.47 Å². The lowest BCUT2D eigenvalue weighted by atomic mass is 9.80. The normalized spacial score (nSPS) is 19.7. The molecule has 2 aliphatic carbocycles. The van der Waals surface area contributed by atoms with Crippen molar-refractivity contribution in [3.05, 3.63) is 23.5 Å². The van der Waals surface area contributed by atoms with Crippen LogP contribution in [0.5, 0.6) is 11.5 Å². The molecule has 2 aliphatic rings. The Balaban J connectivity index is 1.82. The van der Waals surface area contributed by atoms with E-state index in [1.807, 2.05) is 0 Å². The third-order valence-corrected chi connectivity index (χ3v) is 4.80. The molecule has 0 heterocycles. The van der Waals surface area contributed by atoms with E-state index >= 15 is 0 Å². The summed E-state index contributed by atoms with van der Waals surface area (Å²) in [5.74, 6) is -1.61. The molecule has 3 rings (SSSR count). The second kappa shape index (κ2) is 6.57. The Morgan fingerprint density at radius 3 is 2.26 bits per heavy atom. The Hall–Kier alpha value is -1.46. The van der Waals surface area contributed by atoms with Crippen LogP contribution in [0.2, 0.25) is 0 Å². The first-order valence-electron chi connectivity index (χ1n) is 8.15. The predicted molar refractivity (Wildman–Crippen MR) is 77.1 cm³/mol. The number of rotatable bonds is 5. The molecule has 0 bridgehead atoms. The van der Waals surface area contributed by atoms with E-state index in [4.69, 9.17) is 4.74 Å². The zero-order valence-corrected chi connectivity index (χ0v) is 12.8. The highest BCUT2D eigenvalue weighted by atomic mass is 19.4. The van der Waals surface area contributed by atoms with E-state index in [0.29, 0.717) is 18.1 Å². The van der Waals surface area contributed by atoms with Crippen molar-refractivity contribution in [2.75, 3.05) is 6.61 Å². The molecule has 0 aromatic heterocycles. The lowest BCUT2D eigenvalue weighted by molar-refractivity contribution is -0.276. The van der Waals surface area contributed by atoms with E-state index in [2.05, 4.69) is 4.74 Å². The van der Waals surface area contributed by atoms with Gasteiger partial charge in [0.1, 0.15) is 0 Å². The molecule has 0 unspecified atom stereocenters. The van der Waals surface area contributed by atoms with Crippen LogP contribution in [0.4, 0.5) is 17.6 Å². The average molecular weight is 332 g/mol. The first-order chi connectivity index (χ1) is 10.9. The number of alkyl halides is 3. The molecule has 0 N–H and O–H groups in total. The number of ether oxygens (including phenoxy) is 2. The van der Waals surface area contributed by atoms with Crippen LogP contribution in [-0.4, -0.2) is 13.0 Å². The van der Waals surface area contributed by atoms with Gasteiger partial charge in [0, 0.05) is 0 Å². The summed E-state index contributed by atoms with van der Waals surface area (Å²) < 4.78 is 61.8. The van der Waals surface area contributed by atoms with Gasteiger partial charge in [0.05, 0.1) is 6.61 Å². The van der Waals surface area contributed by atoms with Crippen LogP contribution >= 0.6 is 0 Å². The van der Waals surface area contributed by atoms with Gasteiger partial charge in [-0.3, -0.25) is 0 Å². The first-order valence-corrected chi connectivity index (χ1v) is 8.15. The molecule has 1 aromatic carbocycles. The van der Waals surface area contributed by atoms with Crippen LogP contribution in [-0.2, 0) is 0 Å². The predicted octanol–water partition coefficient (Wildman–Crippen LogP) is 5.56. The molecule has 2 fully saturated rings. The SMILES string of the molecule is Fc1c(C2CCC2)ccc(OCC2CCCC2)c1OC(F)(F)F. The summed E-state index contributed by atoms with van der Waals surface area (Å²) in [5.41, 5.74) is 0.295. The van der Waals surface area contributed by atoms with Gasteiger partial charge in [-0.15, -0.1) is 13.2 Å². The molecule has 0 aliphatic heterocycles. The highest BCUT2D eigenvalue weighted by molar-refractivity contribution is 5.46. The second-order valence-corrected chi connectivity index (χ2v) is 6.43. The monoisotopic (exact) mass is 332 g/mol. The number of hydrogen-bond acceptors (Lipinski definition) is 2. The van der Waals surface area contributed by atoms with Gasteiger partial charge in [-0.05, 0) is 49.1 Å². The zero-order valence-electron chi connectivity index (χ0n) is 12.8. The summed E-state index contributed by atoms with van der Waals surface area (Å²) in [5, 5.41) is 0. The van der Waals surface area contributed by atoms with Crippen LogP contribution in [0.3, 0.4) is 0 Å². The standard InChI is InChI=1S/C17H20F4O2/c18-15-13(12-6-3-7-12)8-9-14(16(15)23-17(19,20)21)22-10-11-4-1-2-5-11/h8-9,11-12H,1-7,10H2. The molecular formula is C17H20F4O2. The van der Waals surface area contributed by atoms with Crippen molar-refractivity contribution >= 4 is 0 Å². The number of benzene rings is 1. The Kier molecular flexibility index (Phi) is 4.69. The molecule has 0 saturated heterocycles. The fourth-order valence-corrected chi connectivity index (χ4v) is 3.30. The smallest absolute Gasteiger partial charge is 0.489 e. The number of hydrogen-bond donors (Lipinski definition) is 0. The van der Waals surface area contributed by atoms with Crippen LogP contribution in [0.25, 0.3) is 0 Å². The molecule has 0 spiro atoms. The fourth-order valence-electron chi connectivity index (χ4n) is 3.30. The minimum absolute atomic E-state index is 0.0190. The largest absolute Gasteiger partial charge is 0.573 e. The maximum absolute atomic E-state index is 14.5. The second-order valence-electron chi connectivity index (χ2n) is 6.43. The van der Waals surface area contributed by atoms with E-state index < -0.39 is 17.9 Å². The summed E-state index contributed by atoms with van der Waals surface area (Å²) >= 11 is 0. The third kappa shape index (κ3) is 3.90. The molecule has 2 saturated carbocycles. The van der Waals surface area contributed by atoms with Crippen molar-refractivity contribution in [2.24, 2.45) is 5.92 Å². The summed E-state index contributed by atoms with van der Waals surface area (Å²) in [6.45, 7) is 0.302. The van der Waals surface area contributed by atoms with E-state index in [9.17, 15) is 17.6 Å². The molecule has 0 atom stereocenters. The minimum Gasteiger partial charge on any atom is -0.489 e. The van der Waals surface area contributed by atoms with Crippen molar-refractivity contribution in [2.45, 2.75) is 57.2 Å². The van der Waals surface area contributed by atoms with Gasteiger partial charge in [0.2, 0.25) is 5.75 Å². The van der Waals surface area contributed by atoms with E-state index in [-0.39, 0.29) is 11.7 Å². The Morgan fingerprint density at radius 2 is 1.70 bits per heavy atom. The fraction of sp³-hybridized carbons (Fsp3) is 0.647. The topological polar surface area (TPSA) is 18.5 Å². The maximum Gasteiger partial charge on any atom is 0.573 e. The van der Waals surface area contributed by atoms with E-state index in [1.54, 1.807) is 0 Å². The summed E-state index contributed by atoms with van der Waals surface area (Å²) in [7, 11) is 0. The third-order valence-electron chi connectivity index (χ3n) is 4.80. The van der Waals surface area contributed by atoms with Crippen LogP contribution in [0, 0.1) is 11.7 Å². The molecule has 0 amide bonds. The summed E-state index contributed by atoms with van der Waals surface area (Å²) in [6, 6.07) is 2.94. The summed E-state index contributed by atoms with van der Waals surface area (Å²) in [4.78, 5) is 0. The van der Waals surface area contributed by atoms with Crippen LogP contribution in [0.15, 0.2) is 12.1 Å². The lowest BCUT2D eigenvalue weighted by Gasteiger charge is -2.27. The average Bonchev–Trinajstić information content (AvgIpc) is 2.92. The Morgan fingerprint density at radius 1 is 1.00 bits per heavy atom. The molecule has 6 heteroatoms. The van der Waals surface area contributed by atoms with Gasteiger partial charge in [0.25, 0.3) is 0 Å². The van der Waals surface area contributed by atoms with Gasteiger partial charge in [0.15, 0.2) is 11.6 Å². The highest BCUT2D eigenvalue weighted by Crippen LogP contribution is 2.44. The minimum atomic E-state index is -4.94. The molecule has 0 radical (unpaired) electrons. The van der Waals surface area contributed by atoms with Crippen LogP contribution in [0.1, 0.15) is 56.4 Å². The molecule has 2 nitrogen and oxygen atoms in total. The lowest BCUT2D eigenvalue weighted by Crippen LogP contribution is -2.20. The Bertz CT molecular complexity index is 546. The molecule has 23 heavy (non-hydrogen) atoms. The van der Waals surface area contributed by atoms with Crippen molar-refractivity contribution in [1.82, 2.24) is 0 Å². The van der Waals surface area contributed by atoms with Crippen molar-refractivity contribution < 1.29 is 27.0 Å². The van der Waals surface area contributed by atoms with Crippen molar-refractivity contribution in [3.63, 3.8) is 0 Å². The first kappa shape index (κ1) is 16.4.